The number of aryl methyl sites for hydroxylation is 3. The van der Waals surface area contributed by atoms with E-state index in [1.807, 2.05) is 63.2 Å². The maximum atomic E-state index is 12.8. The summed E-state index contributed by atoms with van der Waals surface area (Å²) in [4.78, 5) is 39.1. The lowest BCUT2D eigenvalue weighted by Gasteiger charge is -2.32. The van der Waals surface area contributed by atoms with Crippen LogP contribution in [-0.4, -0.2) is 36.0 Å². The van der Waals surface area contributed by atoms with Crippen molar-refractivity contribution in [2.45, 2.75) is 26.8 Å². The molecule has 0 radical (unpaired) electrons. The van der Waals surface area contributed by atoms with Crippen LogP contribution in [0.15, 0.2) is 53.7 Å². The van der Waals surface area contributed by atoms with Crippen LogP contribution in [0.3, 0.4) is 0 Å². The van der Waals surface area contributed by atoms with E-state index in [4.69, 9.17) is 4.74 Å². The van der Waals surface area contributed by atoms with E-state index in [1.54, 1.807) is 0 Å². The van der Waals surface area contributed by atoms with E-state index in [2.05, 4.69) is 10.6 Å². The van der Waals surface area contributed by atoms with Crippen LogP contribution in [0.5, 0.6) is 0 Å². The number of amides is 3. The summed E-state index contributed by atoms with van der Waals surface area (Å²) < 4.78 is 5.21. The lowest BCUT2D eigenvalue weighted by molar-refractivity contribution is -0.136. The predicted molar refractivity (Wildman–Crippen MR) is 112 cm³/mol. The first kappa shape index (κ1) is 19.7. The number of benzene rings is 2. The number of urea groups is 1. The zero-order chi connectivity index (χ0) is 21.4. The molecule has 0 aromatic heterocycles. The van der Waals surface area contributed by atoms with E-state index in [9.17, 15) is 14.4 Å². The molecular formula is C23H23N3O4. The van der Waals surface area contributed by atoms with Crippen LogP contribution in [0, 0.1) is 20.8 Å². The van der Waals surface area contributed by atoms with Crippen molar-refractivity contribution in [1.82, 2.24) is 10.2 Å². The molecule has 0 unspecified atom stereocenters. The Balaban J connectivity index is 1.59. The first-order valence-electron chi connectivity index (χ1n) is 9.75. The fraction of sp³-hybridized carbons (Fsp3) is 0.261. The Morgan fingerprint density at radius 3 is 2.40 bits per heavy atom. The Morgan fingerprint density at radius 2 is 1.73 bits per heavy atom. The lowest BCUT2D eigenvalue weighted by atomic mass is 9.95. The minimum atomic E-state index is -0.596. The quantitative estimate of drug-likeness (QED) is 0.765. The number of anilines is 1. The molecule has 1 atom stereocenters. The highest BCUT2D eigenvalue weighted by Gasteiger charge is 2.42. The summed E-state index contributed by atoms with van der Waals surface area (Å²) in [7, 11) is 0. The molecule has 3 amide bonds. The Morgan fingerprint density at radius 1 is 1.07 bits per heavy atom. The number of hydrogen-bond acceptors (Lipinski definition) is 4. The first-order chi connectivity index (χ1) is 14.3. The van der Waals surface area contributed by atoms with Crippen molar-refractivity contribution >= 4 is 23.6 Å². The maximum Gasteiger partial charge on any atom is 0.338 e. The number of esters is 1. The monoisotopic (exact) mass is 405 g/mol. The molecule has 2 aliphatic rings. The van der Waals surface area contributed by atoms with Crippen LogP contribution < -0.4 is 10.6 Å². The Bertz CT molecular complexity index is 1050. The summed E-state index contributed by atoms with van der Waals surface area (Å²) in [6, 6.07) is 12.3. The molecule has 7 heteroatoms. The van der Waals surface area contributed by atoms with Gasteiger partial charge in [-0.25, -0.2) is 9.59 Å². The van der Waals surface area contributed by atoms with Gasteiger partial charge in [0.2, 0.25) is 5.91 Å². The summed E-state index contributed by atoms with van der Waals surface area (Å²) in [6.07, 6.45) is 0. The van der Waals surface area contributed by atoms with Crippen molar-refractivity contribution in [1.29, 1.82) is 0 Å². The summed E-state index contributed by atoms with van der Waals surface area (Å²) in [5.41, 5.74) is 5.40. The number of nitrogens with one attached hydrogen (secondary N) is 2. The molecule has 0 saturated heterocycles. The number of carbonyl (C=O) groups is 3. The lowest BCUT2D eigenvalue weighted by Crippen LogP contribution is -2.49. The van der Waals surface area contributed by atoms with Gasteiger partial charge < -0.3 is 15.4 Å². The van der Waals surface area contributed by atoms with E-state index in [0.717, 1.165) is 22.3 Å². The smallest absolute Gasteiger partial charge is 0.338 e. The van der Waals surface area contributed by atoms with Crippen LogP contribution in [-0.2, 0) is 14.3 Å². The topological polar surface area (TPSA) is 87.7 Å². The average Bonchev–Trinajstić information content (AvgIpc) is 3.05. The van der Waals surface area contributed by atoms with E-state index < -0.39 is 18.0 Å². The van der Waals surface area contributed by atoms with E-state index in [-0.39, 0.29) is 19.1 Å². The highest BCUT2D eigenvalue weighted by Crippen LogP contribution is 2.35. The minimum absolute atomic E-state index is 0.0270. The van der Waals surface area contributed by atoms with Gasteiger partial charge in [0.05, 0.1) is 17.3 Å². The zero-order valence-electron chi connectivity index (χ0n) is 17.1. The highest BCUT2D eigenvalue weighted by molar-refractivity contribution is 6.00. The molecule has 4 rings (SSSR count). The van der Waals surface area contributed by atoms with Gasteiger partial charge in [0.25, 0.3) is 0 Å². The van der Waals surface area contributed by atoms with E-state index in [1.165, 1.54) is 4.90 Å². The number of ether oxygens (including phenoxy) is 1. The molecule has 30 heavy (non-hydrogen) atoms. The number of nitrogens with zero attached hydrogens (tertiary/aromatic N) is 1. The van der Waals surface area contributed by atoms with Gasteiger partial charge in [-0.05, 0) is 49.6 Å². The number of cyclic esters (lactones) is 1. The van der Waals surface area contributed by atoms with Crippen molar-refractivity contribution in [3.63, 3.8) is 0 Å². The standard InChI is InChI=1S/C23H23N3O4/c1-13-4-6-16(7-5-13)21-20-18(12-30-22(20)28)26(23(29)25-21)11-19(27)24-17-9-14(2)8-15(3)10-17/h4-10,21H,11-12H2,1-3H3,(H,24,27)(H,25,29)/t21-/m1/s1. The van der Waals surface area contributed by atoms with E-state index >= 15 is 0 Å². The molecule has 2 aromatic rings. The maximum absolute atomic E-state index is 12.8. The van der Waals surface area contributed by atoms with Gasteiger partial charge in [-0.15, -0.1) is 0 Å². The van der Waals surface area contributed by atoms with Crippen LogP contribution in [0.2, 0.25) is 0 Å². The molecule has 2 aromatic carbocycles. The van der Waals surface area contributed by atoms with Crippen molar-refractivity contribution in [3.05, 3.63) is 76.0 Å². The molecule has 2 N–H and O–H groups in total. The Kier molecular flexibility index (Phi) is 5.03. The molecule has 2 heterocycles. The second-order valence-corrected chi connectivity index (χ2v) is 7.74. The fourth-order valence-electron chi connectivity index (χ4n) is 3.88. The summed E-state index contributed by atoms with van der Waals surface area (Å²) in [6.45, 7) is 5.62. The second-order valence-electron chi connectivity index (χ2n) is 7.74. The van der Waals surface area contributed by atoms with Crippen LogP contribution in [0.25, 0.3) is 0 Å². The van der Waals surface area contributed by atoms with E-state index in [0.29, 0.717) is 17.0 Å². The second kappa shape index (κ2) is 7.67. The molecule has 0 saturated carbocycles. The molecule has 154 valence electrons. The normalized spacial score (nSPS) is 18.1. The summed E-state index contributed by atoms with van der Waals surface area (Å²) in [5.74, 6) is -0.828. The fourth-order valence-corrected chi connectivity index (χ4v) is 3.88. The van der Waals surface area contributed by atoms with Crippen LogP contribution in [0.1, 0.15) is 28.3 Å². The first-order valence-corrected chi connectivity index (χ1v) is 9.75. The third kappa shape index (κ3) is 3.78. The molecule has 0 aliphatic carbocycles. The van der Waals surface area contributed by atoms with Gasteiger partial charge in [0.1, 0.15) is 13.2 Å². The SMILES string of the molecule is Cc1ccc([C@H]2NC(=O)N(CC(=O)Nc3cc(C)cc(C)c3)C3=C2C(=O)OC3)cc1. The zero-order valence-corrected chi connectivity index (χ0v) is 17.1. The van der Waals surface area contributed by atoms with Crippen molar-refractivity contribution in [2.24, 2.45) is 0 Å². The highest BCUT2D eigenvalue weighted by atomic mass is 16.5. The molecular weight excluding hydrogens is 382 g/mol. The van der Waals surface area contributed by atoms with Crippen LogP contribution in [0.4, 0.5) is 10.5 Å². The Hall–Kier alpha value is -3.61. The molecule has 0 spiro atoms. The summed E-state index contributed by atoms with van der Waals surface area (Å²) >= 11 is 0. The van der Waals surface area contributed by atoms with Gasteiger partial charge in [-0.2, -0.15) is 0 Å². The number of rotatable bonds is 4. The third-order valence-electron chi connectivity index (χ3n) is 5.22. The number of hydrogen-bond donors (Lipinski definition) is 2. The van der Waals surface area contributed by atoms with Crippen molar-refractivity contribution in [3.8, 4) is 0 Å². The molecule has 0 bridgehead atoms. The van der Waals surface area contributed by atoms with Crippen LogP contribution >= 0.6 is 0 Å². The molecule has 0 fully saturated rings. The van der Waals surface area contributed by atoms with Gasteiger partial charge in [0, 0.05) is 5.69 Å². The molecule has 2 aliphatic heterocycles. The number of carbonyl (C=O) groups excluding carboxylic acids is 3. The minimum Gasteiger partial charge on any atom is -0.456 e. The largest absolute Gasteiger partial charge is 0.456 e. The van der Waals surface area contributed by atoms with Crippen molar-refractivity contribution < 1.29 is 19.1 Å². The molecule has 7 nitrogen and oxygen atoms in total. The Labute approximate surface area is 174 Å². The third-order valence-corrected chi connectivity index (χ3v) is 5.22. The van der Waals surface area contributed by atoms with Gasteiger partial charge in [-0.1, -0.05) is 35.9 Å². The average molecular weight is 405 g/mol. The van der Waals surface area contributed by atoms with Gasteiger partial charge in [-0.3, -0.25) is 9.69 Å². The van der Waals surface area contributed by atoms with Gasteiger partial charge in [0.15, 0.2) is 0 Å². The van der Waals surface area contributed by atoms with Gasteiger partial charge >= 0.3 is 12.0 Å². The predicted octanol–water partition coefficient (Wildman–Crippen LogP) is 3.13. The van der Waals surface area contributed by atoms with Crippen molar-refractivity contribution in [2.75, 3.05) is 18.5 Å². The summed E-state index contributed by atoms with van der Waals surface area (Å²) in [5, 5.41) is 5.66.